The second-order valence-electron chi connectivity index (χ2n) is 5.17. The lowest BCUT2D eigenvalue weighted by Gasteiger charge is -2.19. The number of benzene rings is 1. The van der Waals surface area contributed by atoms with Crippen molar-refractivity contribution in [3.05, 3.63) is 29.6 Å². The van der Waals surface area contributed by atoms with E-state index in [1.165, 1.54) is 19.1 Å². The molecule has 114 valence electrons. The predicted molar refractivity (Wildman–Crippen MR) is 73.8 cm³/mol. The molecular formula is C15H18FNO4. The van der Waals surface area contributed by atoms with Crippen molar-refractivity contribution in [2.45, 2.75) is 44.8 Å². The zero-order valence-electron chi connectivity index (χ0n) is 11.8. The molecule has 1 aliphatic carbocycles. The number of ether oxygens (including phenoxy) is 1. The summed E-state index contributed by atoms with van der Waals surface area (Å²) in [4.78, 5) is 23.0. The lowest BCUT2D eigenvalue weighted by molar-refractivity contribution is -0.128. The van der Waals surface area contributed by atoms with Gasteiger partial charge in [-0.3, -0.25) is 4.79 Å². The van der Waals surface area contributed by atoms with E-state index in [-0.39, 0.29) is 17.7 Å². The number of rotatable bonds is 5. The minimum atomic E-state index is -1.42. The van der Waals surface area contributed by atoms with Gasteiger partial charge in [0.05, 0.1) is 0 Å². The summed E-state index contributed by atoms with van der Waals surface area (Å²) in [5, 5.41) is 11.9. The number of amides is 1. The van der Waals surface area contributed by atoms with Crippen LogP contribution in [0.4, 0.5) is 4.39 Å². The molecule has 21 heavy (non-hydrogen) atoms. The van der Waals surface area contributed by atoms with Gasteiger partial charge in [-0.2, -0.15) is 0 Å². The third-order valence-electron chi connectivity index (χ3n) is 3.56. The molecule has 0 radical (unpaired) electrons. The molecule has 1 amide bonds. The molecule has 1 fully saturated rings. The quantitative estimate of drug-likeness (QED) is 0.874. The van der Waals surface area contributed by atoms with Crippen molar-refractivity contribution in [3.63, 3.8) is 0 Å². The van der Waals surface area contributed by atoms with Crippen LogP contribution in [0.3, 0.4) is 0 Å². The lowest BCUT2D eigenvalue weighted by Crippen LogP contribution is -2.41. The summed E-state index contributed by atoms with van der Waals surface area (Å²) in [6.07, 6.45) is 3.18. The second-order valence-corrected chi connectivity index (χ2v) is 5.17. The molecule has 0 aromatic heterocycles. The number of nitrogens with one attached hydrogen (secondary N) is 1. The van der Waals surface area contributed by atoms with E-state index >= 15 is 0 Å². The van der Waals surface area contributed by atoms with E-state index in [0.29, 0.717) is 0 Å². The molecule has 0 bridgehead atoms. The molecule has 1 unspecified atom stereocenters. The van der Waals surface area contributed by atoms with Gasteiger partial charge in [-0.15, -0.1) is 0 Å². The van der Waals surface area contributed by atoms with Crippen LogP contribution in [0.1, 0.15) is 43.0 Å². The fraction of sp³-hybridized carbons (Fsp3) is 0.467. The Balaban J connectivity index is 2.05. The Morgan fingerprint density at radius 2 is 2.05 bits per heavy atom. The van der Waals surface area contributed by atoms with Crippen LogP contribution in [0.15, 0.2) is 18.2 Å². The Labute approximate surface area is 122 Å². The van der Waals surface area contributed by atoms with E-state index < -0.39 is 23.5 Å². The van der Waals surface area contributed by atoms with Crippen LogP contribution in [0.5, 0.6) is 5.75 Å². The molecule has 0 saturated heterocycles. The highest BCUT2D eigenvalue weighted by molar-refractivity contribution is 5.91. The summed E-state index contributed by atoms with van der Waals surface area (Å²) >= 11 is 0. The maximum absolute atomic E-state index is 13.5. The number of hydrogen-bond acceptors (Lipinski definition) is 3. The minimum absolute atomic E-state index is 0.142. The van der Waals surface area contributed by atoms with Gasteiger partial charge in [0, 0.05) is 6.04 Å². The molecule has 2 N–H and O–H groups in total. The molecule has 1 aliphatic rings. The topological polar surface area (TPSA) is 75.6 Å². The first kappa shape index (κ1) is 15.3. The van der Waals surface area contributed by atoms with Crippen LogP contribution in [0.25, 0.3) is 0 Å². The zero-order chi connectivity index (χ0) is 15.4. The summed E-state index contributed by atoms with van der Waals surface area (Å²) in [7, 11) is 0. The number of aromatic carboxylic acids is 1. The van der Waals surface area contributed by atoms with Gasteiger partial charge in [-0.05, 0) is 31.9 Å². The molecule has 6 heteroatoms. The molecule has 1 aromatic rings. The molecule has 1 atom stereocenters. The van der Waals surface area contributed by atoms with Gasteiger partial charge in [-0.1, -0.05) is 18.9 Å². The van der Waals surface area contributed by atoms with Gasteiger partial charge < -0.3 is 15.2 Å². The number of carbonyl (C=O) groups is 2. The number of halogens is 1. The summed E-state index contributed by atoms with van der Waals surface area (Å²) in [5.41, 5.74) is -0.557. The SMILES string of the molecule is CC(Oc1cccc(F)c1C(=O)O)C(=O)NC1CCCC1. The van der Waals surface area contributed by atoms with E-state index in [9.17, 15) is 14.0 Å². The Morgan fingerprint density at radius 1 is 1.38 bits per heavy atom. The summed E-state index contributed by atoms with van der Waals surface area (Å²) in [6.45, 7) is 1.51. The van der Waals surface area contributed by atoms with Crippen LogP contribution in [-0.4, -0.2) is 29.1 Å². The normalized spacial score (nSPS) is 16.5. The lowest BCUT2D eigenvalue weighted by atomic mass is 10.2. The number of carboxylic acid groups (broad SMARTS) is 1. The fourth-order valence-electron chi connectivity index (χ4n) is 2.44. The van der Waals surface area contributed by atoms with Crippen molar-refractivity contribution in [2.24, 2.45) is 0 Å². The van der Waals surface area contributed by atoms with E-state index in [1.807, 2.05) is 0 Å². The standard InChI is InChI=1S/C15H18FNO4/c1-9(14(18)17-10-5-2-3-6-10)21-12-8-4-7-11(16)13(12)15(19)20/h4,7-10H,2-3,5-6H2,1H3,(H,17,18)(H,19,20). The van der Waals surface area contributed by atoms with Gasteiger partial charge >= 0.3 is 5.97 Å². The Bertz CT molecular complexity index is 540. The van der Waals surface area contributed by atoms with E-state index in [4.69, 9.17) is 9.84 Å². The molecule has 1 aromatic carbocycles. The first-order valence-corrected chi connectivity index (χ1v) is 6.98. The molecule has 0 spiro atoms. The minimum Gasteiger partial charge on any atom is -0.480 e. The summed E-state index contributed by atoms with van der Waals surface area (Å²) in [5.74, 6) is -2.77. The monoisotopic (exact) mass is 295 g/mol. The van der Waals surface area contributed by atoms with Crippen molar-refractivity contribution < 1.29 is 23.8 Å². The second kappa shape index (κ2) is 6.56. The van der Waals surface area contributed by atoms with Gasteiger partial charge in [0.25, 0.3) is 5.91 Å². The highest BCUT2D eigenvalue weighted by atomic mass is 19.1. The molecular weight excluding hydrogens is 277 g/mol. The molecule has 5 nitrogen and oxygen atoms in total. The van der Waals surface area contributed by atoms with Crippen LogP contribution in [0.2, 0.25) is 0 Å². The maximum atomic E-state index is 13.5. The van der Waals surface area contributed by atoms with Crippen LogP contribution in [0, 0.1) is 5.82 Å². The van der Waals surface area contributed by atoms with Crippen LogP contribution >= 0.6 is 0 Å². The van der Waals surface area contributed by atoms with E-state index in [2.05, 4.69) is 5.32 Å². The van der Waals surface area contributed by atoms with E-state index in [1.54, 1.807) is 0 Å². The third-order valence-corrected chi connectivity index (χ3v) is 3.56. The zero-order valence-corrected chi connectivity index (χ0v) is 11.8. The predicted octanol–water partition coefficient (Wildman–Crippen LogP) is 2.35. The summed E-state index contributed by atoms with van der Waals surface area (Å²) < 4.78 is 18.8. The average molecular weight is 295 g/mol. The average Bonchev–Trinajstić information content (AvgIpc) is 2.91. The van der Waals surface area contributed by atoms with Crippen LogP contribution < -0.4 is 10.1 Å². The van der Waals surface area contributed by atoms with Crippen molar-refractivity contribution in [3.8, 4) is 5.75 Å². The first-order valence-electron chi connectivity index (χ1n) is 6.98. The van der Waals surface area contributed by atoms with Crippen LogP contribution in [-0.2, 0) is 4.79 Å². The van der Waals surface area contributed by atoms with Crippen molar-refractivity contribution in [1.29, 1.82) is 0 Å². The van der Waals surface area contributed by atoms with Crippen molar-refractivity contribution in [2.75, 3.05) is 0 Å². The smallest absolute Gasteiger partial charge is 0.342 e. The van der Waals surface area contributed by atoms with Gasteiger partial charge in [0.1, 0.15) is 17.1 Å². The molecule has 0 heterocycles. The van der Waals surface area contributed by atoms with Gasteiger partial charge in [-0.25, -0.2) is 9.18 Å². The maximum Gasteiger partial charge on any atom is 0.342 e. The third kappa shape index (κ3) is 3.71. The van der Waals surface area contributed by atoms with Crippen molar-refractivity contribution >= 4 is 11.9 Å². The first-order chi connectivity index (χ1) is 9.99. The molecule has 0 aliphatic heterocycles. The summed E-state index contributed by atoms with van der Waals surface area (Å²) in [6, 6.07) is 3.87. The number of carbonyl (C=O) groups excluding carboxylic acids is 1. The Morgan fingerprint density at radius 3 is 2.67 bits per heavy atom. The van der Waals surface area contributed by atoms with Gasteiger partial charge in [0.15, 0.2) is 6.10 Å². The highest BCUT2D eigenvalue weighted by Gasteiger charge is 2.24. The highest BCUT2D eigenvalue weighted by Crippen LogP contribution is 2.23. The molecule has 2 rings (SSSR count). The Hall–Kier alpha value is -2.11. The number of hydrogen-bond donors (Lipinski definition) is 2. The van der Waals surface area contributed by atoms with E-state index in [0.717, 1.165) is 31.7 Å². The fourth-order valence-corrected chi connectivity index (χ4v) is 2.44. The number of carboxylic acids is 1. The molecule has 1 saturated carbocycles. The Kier molecular flexibility index (Phi) is 4.77. The largest absolute Gasteiger partial charge is 0.480 e. The van der Waals surface area contributed by atoms with Crippen molar-refractivity contribution in [1.82, 2.24) is 5.32 Å². The van der Waals surface area contributed by atoms with Gasteiger partial charge in [0.2, 0.25) is 0 Å².